The Bertz CT molecular complexity index is 1060. The van der Waals surface area contributed by atoms with Crippen molar-refractivity contribution >= 4 is 46.6 Å². The van der Waals surface area contributed by atoms with Crippen molar-refractivity contribution in [2.45, 2.75) is 12.8 Å². The minimum atomic E-state index is -1.08. The fourth-order valence-electron chi connectivity index (χ4n) is 2.96. The maximum absolute atomic E-state index is 12.5. The molecule has 0 aliphatic rings. The second-order valence-corrected chi connectivity index (χ2v) is 7.58. The van der Waals surface area contributed by atoms with E-state index in [0.29, 0.717) is 20.6 Å². The smallest absolute Gasteiger partial charge is 0.335 e. The zero-order chi connectivity index (χ0) is 20.3. The van der Waals surface area contributed by atoms with E-state index in [9.17, 15) is 14.7 Å². The van der Waals surface area contributed by atoms with Crippen LogP contribution in [0.15, 0.2) is 60.7 Å². The monoisotopic (exact) mass is 432 g/mol. The highest BCUT2D eigenvalue weighted by atomic mass is 35.5. The van der Waals surface area contributed by atoms with Gasteiger partial charge in [-0.05, 0) is 52.6 Å². The molecule has 3 rings (SSSR count). The number of Topliss-reactive ketones (excluding diaryl/α,β-unsaturated/α-hetero) is 1. The molecular weight excluding hydrogens is 419 g/mol. The summed E-state index contributed by atoms with van der Waals surface area (Å²) in [6.45, 7) is 0. The molecule has 0 aromatic heterocycles. The highest BCUT2D eigenvalue weighted by Gasteiger charge is 2.14. The van der Waals surface area contributed by atoms with Gasteiger partial charge < -0.3 is 5.11 Å². The molecule has 3 aromatic rings. The van der Waals surface area contributed by atoms with Gasteiger partial charge in [0.2, 0.25) is 0 Å². The summed E-state index contributed by atoms with van der Waals surface area (Å²) in [6.07, 6.45) is 0.180. The van der Waals surface area contributed by atoms with Gasteiger partial charge in [-0.25, -0.2) is 4.79 Å². The number of hydrogen-bond donors (Lipinski definition) is 1. The predicted octanol–water partition coefficient (Wildman–Crippen LogP) is 6.37. The molecule has 0 aliphatic heterocycles. The van der Waals surface area contributed by atoms with Gasteiger partial charge in [0.05, 0.1) is 15.6 Å². The van der Waals surface area contributed by atoms with E-state index in [1.165, 1.54) is 18.2 Å². The third-order valence-electron chi connectivity index (χ3n) is 4.27. The minimum absolute atomic E-state index is 0.000800. The van der Waals surface area contributed by atoms with Crippen LogP contribution in [0.4, 0.5) is 0 Å². The summed E-state index contributed by atoms with van der Waals surface area (Å²) in [5.41, 5.74) is 3.13. The summed E-state index contributed by atoms with van der Waals surface area (Å²) in [7, 11) is 0. The second-order valence-electron chi connectivity index (χ2n) is 6.33. The maximum atomic E-state index is 12.5. The number of carbonyl (C=O) groups excluding carboxylic acids is 1. The first kappa shape index (κ1) is 20.4. The summed E-state index contributed by atoms with van der Waals surface area (Å²) < 4.78 is 0. The number of ketones is 1. The normalized spacial score (nSPS) is 10.7. The fraction of sp³-hybridized carbons (Fsp3) is 0.0909. The molecule has 0 aliphatic carbocycles. The van der Waals surface area contributed by atoms with Crippen molar-refractivity contribution in [2.75, 3.05) is 0 Å². The van der Waals surface area contributed by atoms with Gasteiger partial charge in [0.15, 0.2) is 0 Å². The van der Waals surface area contributed by atoms with Crippen molar-refractivity contribution in [1.82, 2.24) is 0 Å². The molecule has 0 heterocycles. The van der Waals surface area contributed by atoms with Crippen molar-refractivity contribution in [1.29, 1.82) is 0 Å². The van der Waals surface area contributed by atoms with Crippen LogP contribution in [-0.2, 0) is 17.6 Å². The van der Waals surface area contributed by atoms with Crippen molar-refractivity contribution in [2.24, 2.45) is 0 Å². The minimum Gasteiger partial charge on any atom is -0.478 e. The Hall–Kier alpha value is -2.33. The Morgan fingerprint density at radius 2 is 1.54 bits per heavy atom. The predicted molar refractivity (Wildman–Crippen MR) is 113 cm³/mol. The van der Waals surface area contributed by atoms with Crippen LogP contribution in [0, 0.1) is 0 Å². The van der Waals surface area contributed by atoms with Crippen molar-refractivity contribution in [3.05, 3.63) is 92.4 Å². The topological polar surface area (TPSA) is 54.4 Å². The van der Waals surface area contributed by atoms with Crippen LogP contribution in [0.3, 0.4) is 0 Å². The number of rotatable bonds is 6. The van der Waals surface area contributed by atoms with Gasteiger partial charge in [0.1, 0.15) is 5.78 Å². The van der Waals surface area contributed by atoms with Crippen LogP contribution in [0.1, 0.15) is 21.5 Å². The van der Waals surface area contributed by atoms with E-state index in [0.717, 1.165) is 16.7 Å². The number of benzene rings is 3. The molecule has 3 nitrogen and oxygen atoms in total. The molecule has 142 valence electrons. The summed E-state index contributed by atoms with van der Waals surface area (Å²) in [5.74, 6) is -1.18. The van der Waals surface area contributed by atoms with E-state index in [4.69, 9.17) is 34.8 Å². The van der Waals surface area contributed by atoms with E-state index in [-0.39, 0.29) is 24.2 Å². The van der Waals surface area contributed by atoms with Crippen LogP contribution in [0.25, 0.3) is 11.1 Å². The summed E-state index contributed by atoms with van der Waals surface area (Å²) >= 11 is 18.0. The number of carboxylic acids is 1. The molecule has 0 bridgehead atoms. The zero-order valence-corrected chi connectivity index (χ0v) is 16.9. The Morgan fingerprint density at radius 3 is 2.25 bits per heavy atom. The number of aromatic carboxylic acids is 1. The number of halogens is 3. The SMILES string of the molecule is O=C(Cc1cccc(-c2ccc(Cl)c(Cl)c2)c1)Cc1cc(Cl)ccc1C(=O)O. The van der Waals surface area contributed by atoms with Crippen LogP contribution in [0.2, 0.25) is 15.1 Å². The van der Waals surface area contributed by atoms with Gasteiger partial charge in [-0.2, -0.15) is 0 Å². The molecule has 0 spiro atoms. The Labute approximate surface area is 177 Å². The van der Waals surface area contributed by atoms with Crippen LogP contribution < -0.4 is 0 Å². The molecule has 28 heavy (non-hydrogen) atoms. The molecule has 0 radical (unpaired) electrons. The van der Waals surface area contributed by atoms with Crippen molar-refractivity contribution < 1.29 is 14.7 Å². The lowest BCUT2D eigenvalue weighted by Crippen LogP contribution is -2.11. The molecule has 1 N–H and O–H groups in total. The van der Waals surface area contributed by atoms with Gasteiger partial charge in [0.25, 0.3) is 0 Å². The number of carbonyl (C=O) groups is 2. The van der Waals surface area contributed by atoms with E-state index < -0.39 is 5.97 Å². The standard InChI is InChI=1S/C22H15Cl3O3/c23-17-5-6-19(22(27)28)16(10-17)11-18(26)9-13-2-1-3-14(8-13)15-4-7-20(24)21(25)12-15/h1-8,10,12H,9,11H2,(H,27,28). The largest absolute Gasteiger partial charge is 0.478 e. The summed E-state index contributed by atoms with van der Waals surface area (Å²) in [4.78, 5) is 23.9. The van der Waals surface area contributed by atoms with Gasteiger partial charge in [0, 0.05) is 17.9 Å². The van der Waals surface area contributed by atoms with E-state index in [2.05, 4.69) is 0 Å². The third-order valence-corrected chi connectivity index (χ3v) is 5.24. The molecule has 6 heteroatoms. The average molecular weight is 434 g/mol. The van der Waals surface area contributed by atoms with Gasteiger partial charge in [-0.15, -0.1) is 0 Å². The molecule has 0 fully saturated rings. The molecule has 0 amide bonds. The molecule has 0 atom stereocenters. The highest BCUT2D eigenvalue weighted by Crippen LogP contribution is 2.29. The molecule has 0 unspecified atom stereocenters. The lowest BCUT2D eigenvalue weighted by atomic mass is 9.97. The summed E-state index contributed by atoms with van der Waals surface area (Å²) in [6, 6.07) is 17.4. The number of hydrogen-bond acceptors (Lipinski definition) is 2. The summed E-state index contributed by atoms with van der Waals surface area (Å²) in [5, 5.41) is 10.6. The van der Waals surface area contributed by atoms with Crippen LogP contribution in [-0.4, -0.2) is 16.9 Å². The van der Waals surface area contributed by atoms with E-state index in [1.807, 2.05) is 30.3 Å². The number of carboxylic acid groups (broad SMARTS) is 1. The lowest BCUT2D eigenvalue weighted by Gasteiger charge is -2.08. The molecular formula is C22H15Cl3O3. The maximum Gasteiger partial charge on any atom is 0.335 e. The average Bonchev–Trinajstić information content (AvgIpc) is 2.64. The molecule has 3 aromatic carbocycles. The zero-order valence-electron chi connectivity index (χ0n) is 14.6. The van der Waals surface area contributed by atoms with Crippen LogP contribution >= 0.6 is 34.8 Å². The molecule has 0 saturated heterocycles. The van der Waals surface area contributed by atoms with Gasteiger partial charge in [-0.3, -0.25) is 4.79 Å². The van der Waals surface area contributed by atoms with Crippen LogP contribution in [0.5, 0.6) is 0 Å². The van der Waals surface area contributed by atoms with Gasteiger partial charge >= 0.3 is 5.97 Å². The lowest BCUT2D eigenvalue weighted by molar-refractivity contribution is -0.117. The third kappa shape index (κ3) is 4.93. The van der Waals surface area contributed by atoms with E-state index in [1.54, 1.807) is 12.1 Å². The molecule has 0 saturated carbocycles. The Morgan fingerprint density at radius 1 is 0.786 bits per heavy atom. The quantitative estimate of drug-likeness (QED) is 0.491. The van der Waals surface area contributed by atoms with Gasteiger partial charge in [-0.1, -0.05) is 65.1 Å². The first-order chi connectivity index (χ1) is 13.3. The highest BCUT2D eigenvalue weighted by molar-refractivity contribution is 6.42. The van der Waals surface area contributed by atoms with E-state index >= 15 is 0 Å². The van der Waals surface area contributed by atoms with Crippen molar-refractivity contribution in [3.63, 3.8) is 0 Å². The second kappa shape index (κ2) is 8.78. The fourth-order valence-corrected chi connectivity index (χ4v) is 3.45. The Kier molecular flexibility index (Phi) is 6.40. The first-order valence-corrected chi connectivity index (χ1v) is 9.54. The first-order valence-electron chi connectivity index (χ1n) is 8.41. The Balaban J connectivity index is 1.79. The van der Waals surface area contributed by atoms with Crippen molar-refractivity contribution in [3.8, 4) is 11.1 Å².